The van der Waals surface area contributed by atoms with Gasteiger partial charge in [-0.2, -0.15) is 0 Å². The normalized spacial score (nSPS) is 12.5. The fraction of sp³-hybridized carbons (Fsp3) is 0.188. The molecule has 3 aromatic heterocycles. The average Bonchev–Trinajstić information content (AvgIpc) is 3.13. The summed E-state index contributed by atoms with van der Waals surface area (Å²) in [4.78, 5) is 6.75. The Labute approximate surface area is 137 Å². The zero-order valence-corrected chi connectivity index (χ0v) is 13.9. The summed E-state index contributed by atoms with van der Waals surface area (Å²) in [6.45, 7) is 2.90. The summed E-state index contributed by atoms with van der Waals surface area (Å²) in [6.07, 6.45) is 3.75. The van der Waals surface area contributed by atoms with Crippen LogP contribution in [0, 0.1) is 6.92 Å². The van der Waals surface area contributed by atoms with Gasteiger partial charge in [-0.3, -0.25) is 4.98 Å². The Morgan fingerprint density at radius 2 is 2.14 bits per heavy atom. The standard InChI is InChI=1S/C16H15ClN2S2/c1-11-6-7-18-9-12(11)10-19-16(13-3-2-8-20-13)14-4-5-15(17)21-14/h2-9,16,19H,10H2,1H3. The molecular weight excluding hydrogens is 320 g/mol. The highest BCUT2D eigenvalue weighted by molar-refractivity contribution is 7.16. The number of hydrogen-bond acceptors (Lipinski definition) is 4. The maximum absolute atomic E-state index is 6.09. The van der Waals surface area contributed by atoms with Gasteiger partial charge in [-0.15, -0.1) is 22.7 Å². The van der Waals surface area contributed by atoms with Crippen LogP contribution >= 0.6 is 34.3 Å². The van der Waals surface area contributed by atoms with Gasteiger partial charge in [0, 0.05) is 28.7 Å². The van der Waals surface area contributed by atoms with E-state index in [2.05, 4.69) is 40.8 Å². The molecule has 0 amide bonds. The molecule has 0 fully saturated rings. The van der Waals surface area contributed by atoms with Crippen molar-refractivity contribution in [3.63, 3.8) is 0 Å². The lowest BCUT2D eigenvalue weighted by molar-refractivity contribution is 0.618. The van der Waals surface area contributed by atoms with Crippen molar-refractivity contribution in [3.05, 3.63) is 73.3 Å². The Kier molecular flexibility index (Phi) is 4.70. The summed E-state index contributed by atoms with van der Waals surface area (Å²) in [5.74, 6) is 0. The SMILES string of the molecule is Cc1ccncc1CNC(c1cccs1)c1ccc(Cl)s1. The molecule has 2 nitrogen and oxygen atoms in total. The fourth-order valence-electron chi connectivity index (χ4n) is 2.17. The second-order valence-electron chi connectivity index (χ2n) is 4.77. The van der Waals surface area contributed by atoms with E-state index in [1.807, 2.05) is 24.5 Å². The average molecular weight is 335 g/mol. The molecule has 5 heteroatoms. The van der Waals surface area contributed by atoms with E-state index in [0.29, 0.717) is 0 Å². The summed E-state index contributed by atoms with van der Waals surface area (Å²) in [5.41, 5.74) is 2.48. The minimum absolute atomic E-state index is 0.183. The van der Waals surface area contributed by atoms with Gasteiger partial charge in [-0.25, -0.2) is 0 Å². The molecule has 0 spiro atoms. The van der Waals surface area contributed by atoms with Crippen LogP contribution in [0.1, 0.15) is 26.9 Å². The molecule has 1 N–H and O–H groups in total. The number of thiophene rings is 2. The number of rotatable bonds is 5. The largest absolute Gasteiger partial charge is 0.301 e. The van der Waals surface area contributed by atoms with Crippen LogP contribution in [0.25, 0.3) is 0 Å². The minimum Gasteiger partial charge on any atom is -0.301 e. The van der Waals surface area contributed by atoms with Crippen LogP contribution in [-0.4, -0.2) is 4.98 Å². The van der Waals surface area contributed by atoms with Crippen molar-refractivity contribution in [2.45, 2.75) is 19.5 Å². The van der Waals surface area contributed by atoms with Crippen LogP contribution in [0.4, 0.5) is 0 Å². The van der Waals surface area contributed by atoms with Gasteiger partial charge in [-0.05, 0) is 47.7 Å². The van der Waals surface area contributed by atoms with Crippen LogP contribution < -0.4 is 5.32 Å². The molecule has 3 heterocycles. The quantitative estimate of drug-likeness (QED) is 0.706. The summed E-state index contributed by atoms with van der Waals surface area (Å²) in [6, 6.07) is 10.5. The van der Waals surface area contributed by atoms with Gasteiger partial charge in [0.1, 0.15) is 0 Å². The predicted molar refractivity (Wildman–Crippen MR) is 91.3 cm³/mol. The first kappa shape index (κ1) is 14.7. The van der Waals surface area contributed by atoms with Crippen molar-refractivity contribution in [1.82, 2.24) is 10.3 Å². The topological polar surface area (TPSA) is 24.9 Å². The van der Waals surface area contributed by atoms with E-state index in [1.165, 1.54) is 20.9 Å². The molecule has 0 aliphatic rings. The van der Waals surface area contributed by atoms with Gasteiger partial charge in [0.15, 0.2) is 0 Å². The maximum atomic E-state index is 6.09. The molecule has 1 unspecified atom stereocenters. The lowest BCUT2D eigenvalue weighted by Gasteiger charge is -2.17. The summed E-state index contributed by atoms with van der Waals surface area (Å²) in [5, 5.41) is 5.74. The van der Waals surface area contributed by atoms with E-state index in [4.69, 9.17) is 11.6 Å². The zero-order chi connectivity index (χ0) is 14.7. The highest BCUT2D eigenvalue weighted by Crippen LogP contribution is 2.33. The fourth-order valence-corrected chi connectivity index (χ4v) is 4.22. The van der Waals surface area contributed by atoms with Crippen LogP contribution in [0.5, 0.6) is 0 Å². The van der Waals surface area contributed by atoms with E-state index >= 15 is 0 Å². The number of hydrogen-bond donors (Lipinski definition) is 1. The molecule has 0 aliphatic heterocycles. The molecule has 0 saturated carbocycles. The molecule has 3 rings (SSSR count). The molecule has 0 aliphatic carbocycles. The monoisotopic (exact) mass is 334 g/mol. The summed E-state index contributed by atoms with van der Waals surface area (Å²) < 4.78 is 0.825. The molecule has 0 radical (unpaired) electrons. The van der Waals surface area contributed by atoms with E-state index in [9.17, 15) is 0 Å². The van der Waals surface area contributed by atoms with Crippen molar-refractivity contribution in [2.24, 2.45) is 0 Å². The number of halogens is 1. The van der Waals surface area contributed by atoms with Crippen molar-refractivity contribution in [3.8, 4) is 0 Å². The van der Waals surface area contributed by atoms with Crippen molar-refractivity contribution < 1.29 is 0 Å². The third-order valence-electron chi connectivity index (χ3n) is 3.35. The second-order valence-corrected chi connectivity index (χ2v) is 7.50. The van der Waals surface area contributed by atoms with Gasteiger partial charge in [-0.1, -0.05) is 17.7 Å². The Balaban J connectivity index is 1.82. The number of aromatic nitrogens is 1. The molecule has 3 aromatic rings. The first-order valence-corrected chi connectivity index (χ1v) is 8.73. The third kappa shape index (κ3) is 3.52. The van der Waals surface area contributed by atoms with Crippen molar-refractivity contribution in [1.29, 1.82) is 0 Å². The van der Waals surface area contributed by atoms with Gasteiger partial charge in [0.05, 0.1) is 10.4 Å². The lowest BCUT2D eigenvalue weighted by Crippen LogP contribution is -2.20. The van der Waals surface area contributed by atoms with E-state index in [1.54, 1.807) is 22.7 Å². The van der Waals surface area contributed by atoms with Crippen LogP contribution in [0.2, 0.25) is 4.34 Å². The predicted octanol–water partition coefficient (Wildman–Crippen LogP) is 5.05. The van der Waals surface area contributed by atoms with Gasteiger partial charge < -0.3 is 5.32 Å². The highest BCUT2D eigenvalue weighted by Gasteiger charge is 2.17. The van der Waals surface area contributed by atoms with Gasteiger partial charge in [0.25, 0.3) is 0 Å². The molecular formula is C16H15ClN2S2. The van der Waals surface area contributed by atoms with E-state index < -0.39 is 0 Å². The van der Waals surface area contributed by atoms with Crippen LogP contribution in [0.3, 0.4) is 0 Å². The third-order valence-corrected chi connectivity index (χ3v) is 5.58. The Bertz CT molecular complexity index is 707. The Morgan fingerprint density at radius 3 is 2.81 bits per heavy atom. The molecule has 0 aromatic carbocycles. The molecule has 0 bridgehead atoms. The Morgan fingerprint density at radius 1 is 1.24 bits per heavy atom. The van der Waals surface area contributed by atoms with Crippen LogP contribution in [-0.2, 0) is 6.54 Å². The molecule has 1 atom stereocenters. The Hall–Kier alpha value is -1.20. The van der Waals surface area contributed by atoms with E-state index in [0.717, 1.165) is 10.9 Å². The van der Waals surface area contributed by atoms with Crippen LogP contribution in [0.15, 0.2) is 48.1 Å². The lowest BCUT2D eigenvalue weighted by atomic mass is 10.1. The number of aryl methyl sites for hydroxylation is 1. The van der Waals surface area contributed by atoms with E-state index in [-0.39, 0.29) is 6.04 Å². The molecule has 21 heavy (non-hydrogen) atoms. The molecule has 108 valence electrons. The maximum Gasteiger partial charge on any atom is 0.0931 e. The number of pyridine rings is 1. The van der Waals surface area contributed by atoms with Gasteiger partial charge >= 0.3 is 0 Å². The first-order chi connectivity index (χ1) is 10.2. The minimum atomic E-state index is 0.183. The number of nitrogens with one attached hydrogen (secondary N) is 1. The van der Waals surface area contributed by atoms with Crippen molar-refractivity contribution >= 4 is 34.3 Å². The van der Waals surface area contributed by atoms with Crippen molar-refractivity contribution in [2.75, 3.05) is 0 Å². The summed E-state index contributed by atoms with van der Waals surface area (Å²) >= 11 is 9.48. The summed E-state index contributed by atoms with van der Waals surface area (Å²) in [7, 11) is 0. The number of nitrogens with zero attached hydrogens (tertiary/aromatic N) is 1. The smallest absolute Gasteiger partial charge is 0.0931 e. The first-order valence-electron chi connectivity index (χ1n) is 6.65. The molecule has 0 saturated heterocycles. The van der Waals surface area contributed by atoms with Gasteiger partial charge in [0.2, 0.25) is 0 Å². The highest BCUT2D eigenvalue weighted by atomic mass is 35.5. The second kappa shape index (κ2) is 6.71. The zero-order valence-electron chi connectivity index (χ0n) is 11.5.